The molecule has 7 nitrogen and oxygen atoms in total. The van der Waals surface area contributed by atoms with Gasteiger partial charge in [0.2, 0.25) is 12.7 Å². The van der Waals surface area contributed by atoms with Crippen molar-refractivity contribution in [3.8, 4) is 11.5 Å². The quantitative estimate of drug-likeness (QED) is 0.503. The zero-order valence-electron chi connectivity index (χ0n) is 16.8. The Hall–Kier alpha value is -2.91. The highest BCUT2D eigenvalue weighted by molar-refractivity contribution is 8.18. The third-order valence-corrected chi connectivity index (χ3v) is 6.76. The first kappa shape index (κ1) is 21.3. The van der Waals surface area contributed by atoms with E-state index in [0.717, 1.165) is 32.7 Å². The van der Waals surface area contributed by atoms with Crippen LogP contribution >= 0.6 is 23.5 Å². The number of hydrogen-bond acceptors (Lipinski definition) is 7. The van der Waals surface area contributed by atoms with Crippen molar-refractivity contribution in [1.82, 2.24) is 10.2 Å². The van der Waals surface area contributed by atoms with Gasteiger partial charge in [0, 0.05) is 18.0 Å². The maximum absolute atomic E-state index is 12.6. The number of fused-ring (bicyclic) bond motifs is 1. The molecule has 0 saturated carbocycles. The van der Waals surface area contributed by atoms with Crippen LogP contribution in [-0.4, -0.2) is 47.6 Å². The highest BCUT2D eigenvalue weighted by atomic mass is 32.2. The minimum absolute atomic E-state index is 0.129. The van der Waals surface area contributed by atoms with Crippen LogP contribution in [-0.2, 0) is 9.59 Å². The van der Waals surface area contributed by atoms with E-state index in [4.69, 9.17) is 9.47 Å². The largest absolute Gasteiger partial charge is 0.454 e. The number of aryl methyl sites for hydroxylation is 1. The Morgan fingerprint density at radius 2 is 2.00 bits per heavy atom. The maximum atomic E-state index is 12.6. The molecule has 3 amide bonds. The van der Waals surface area contributed by atoms with E-state index in [0.29, 0.717) is 16.4 Å². The molecule has 2 heterocycles. The lowest BCUT2D eigenvalue weighted by Gasteiger charge is -2.13. The van der Waals surface area contributed by atoms with Crippen LogP contribution in [0.1, 0.15) is 11.1 Å². The number of ether oxygens (including phenoxy) is 2. The first-order chi connectivity index (χ1) is 15.0. The molecule has 0 spiro atoms. The summed E-state index contributed by atoms with van der Waals surface area (Å²) in [6.07, 6.45) is 1.66. The number of amides is 3. The molecule has 1 N–H and O–H groups in total. The predicted molar refractivity (Wildman–Crippen MR) is 120 cm³/mol. The molecule has 0 atom stereocenters. The van der Waals surface area contributed by atoms with E-state index in [1.807, 2.05) is 31.2 Å². The number of nitrogens with zero attached hydrogens (tertiary/aromatic N) is 1. The Kier molecular flexibility index (Phi) is 6.53. The van der Waals surface area contributed by atoms with E-state index in [2.05, 4.69) is 5.32 Å². The van der Waals surface area contributed by atoms with Gasteiger partial charge in [-0.15, -0.1) is 11.8 Å². The Morgan fingerprint density at radius 1 is 1.19 bits per heavy atom. The van der Waals surface area contributed by atoms with Gasteiger partial charge in [-0.25, -0.2) is 0 Å². The monoisotopic (exact) mass is 456 g/mol. The fourth-order valence-corrected chi connectivity index (χ4v) is 4.79. The molecule has 0 aromatic heterocycles. The molecule has 1 fully saturated rings. The molecule has 2 aliphatic heterocycles. The molecule has 160 valence electrons. The third kappa shape index (κ3) is 5.05. The smallest absolute Gasteiger partial charge is 0.293 e. The first-order valence-corrected chi connectivity index (χ1v) is 11.4. The molecule has 2 aromatic carbocycles. The van der Waals surface area contributed by atoms with Gasteiger partial charge in [0.25, 0.3) is 11.1 Å². The molecule has 2 aromatic rings. The van der Waals surface area contributed by atoms with E-state index in [9.17, 15) is 14.4 Å². The lowest BCUT2D eigenvalue weighted by atomic mass is 10.2. The summed E-state index contributed by atoms with van der Waals surface area (Å²) in [5.41, 5.74) is 1.86. The molecule has 31 heavy (non-hydrogen) atoms. The van der Waals surface area contributed by atoms with E-state index in [1.54, 1.807) is 24.3 Å². The van der Waals surface area contributed by atoms with Crippen LogP contribution in [0.3, 0.4) is 0 Å². The zero-order chi connectivity index (χ0) is 21.8. The Labute approximate surface area is 188 Å². The first-order valence-electron chi connectivity index (χ1n) is 9.61. The fraction of sp³-hybridized carbons (Fsp3) is 0.227. The number of carbonyl (C=O) groups excluding carboxylic acids is 3. The normalized spacial score (nSPS) is 16.3. The topological polar surface area (TPSA) is 84.9 Å². The maximum Gasteiger partial charge on any atom is 0.293 e. The summed E-state index contributed by atoms with van der Waals surface area (Å²) >= 11 is 2.34. The fourth-order valence-electron chi connectivity index (χ4n) is 3.07. The van der Waals surface area contributed by atoms with Crippen molar-refractivity contribution < 1.29 is 23.9 Å². The van der Waals surface area contributed by atoms with Gasteiger partial charge in [-0.1, -0.05) is 24.3 Å². The number of rotatable bonds is 7. The molecule has 2 aliphatic rings. The molecule has 4 rings (SSSR count). The molecular weight excluding hydrogens is 436 g/mol. The molecule has 0 aliphatic carbocycles. The SMILES string of the molecule is Cc1ccccc1SCC(=O)NCCN1C(=O)S/C(=C\c2ccc3c(c2)OCO3)C1=O. The van der Waals surface area contributed by atoms with Crippen molar-refractivity contribution in [2.24, 2.45) is 0 Å². The van der Waals surface area contributed by atoms with Gasteiger partial charge in [-0.2, -0.15) is 0 Å². The van der Waals surface area contributed by atoms with Crippen LogP contribution in [0.5, 0.6) is 11.5 Å². The second-order valence-electron chi connectivity index (χ2n) is 6.85. The predicted octanol–water partition coefficient (Wildman–Crippen LogP) is 3.67. The molecule has 0 radical (unpaired) electrons. The Morgan fingerprint density at radius 3 is 2.84 bits per heavy atom. The van der Waals surface area contributed by atoms with Crippen molar-refractivity contribution in [1.29, 1.82) is 0 Å². The van der Waals surface area contributed by atoms with E-state index in [1.165, 1.54) is 11.8 Å². The van der Waals surface area contributed by atoms with E-state index >= 15 is 0 Å². The second kappa shape index (κ2) is 9.49. The third-order valence-electron chi connectivity index (χ3n) is 4.68. The standard InChI is InChI=1S/C22H20N2O5S2/c1-14-4-2-3-5-18(14)30-12-20(25)23-8-9-24-21(26)19(31-22(24)27)11-15-6-7-16-17(10-15)29-13-28-16/h2-7,10-11H,8-9,12-13H2,1H3,(H,23,25)/b19-11-. The lowest BCUT2D eigenvalue weighted by molar-refractivity contribution is -0.123. The van der Waals surface area contributed by atoms with Crippen LogP contribution < -0.4 is 14.8 Å². The summed E-state index contributed by atoms with van der Waals surface area (Å²) < 4.78 is 10.6. The van der Waals surface area contributed by atoms with Crippen LogP contribution in [0.4, 0.5) is 4.79 Å². The Balaban J connectivity index is 1.28. The van der Waals surface area contributed by atoms with Crippen LogP contribution in [0, 0.1) is 6.92 Å². The van der Waals surface area contributed by atoms with Crippen LogP contribution in [0.2, 0.25) is 0 Å². The van der Waals surface area contributed by atoms with Crippen LogP contribution in [0.25, 0.3) is 6.08 Å². The van der Waals surface area contributed by atoms with Crippen molar-refractivity contribution in [2.75, 3.05) is 25.6 Å². The molecule has 0 unspecified atom stereocenters. The summed E-state index contributed by atoms with van der Waals surface area (Å²) in [5.74, 6) is 1.03. The van der Waals surface area contributed by atoms with Gasteiger partial charge in [-0.05, 0) is 54.1 Å². The highest BCUT2D eigenvalue weighted by Gasteiger charge is 2.34. The van der Waals surface area contributed by atoms with Crippen molar-refractivity contribution in [2.45, 2.75) is 11.8 Å². The van der Waals surface area contributed by atoms with Crippen molar-refractivity contribution >= 4 is 46.7 Å². The zero-order valence-corrected chi connectivity index (χ0v) is 18.4. The van der Waals surface area contributed by atoms with Gasteiger partial charge in [0.05, 0.1) is 10.7 Å². The minimum Gasteiger partial charge on any atom is -0.454 e. The van der Waals surface area contributed by atoms with Gasteiger partial charge in [0.15, 0.2) is 11.5 Å². The average molecular weight is 457 g/mol. The summed E-state index contributed by atoms with van der Waals surface area (Å²) in [4.78, 5) is 39.5. The van der Waals surface area contributed by atoms with Gasteiger partial charge in [0.1, 0.15) is 0 Å². The lowest BCUT2D eigenvalue weighted by Crippen LogP contribution is -2.37. The van der Waals surface area contributed by atoms with E-state index in [-0.39, 0.29) is 42.7 Å². The molecule has 0 bridgehead atoms. The molecule has 9 heteroatoms. The number of imide groups is 1. The minimum atomic E-state index is -0.365. The van der Waals surface area contributed by atoms with Crippen molar-refractivity contribution in [3.05, 3.63) is 58.5 Å². The number of hydrogen-bond donors (Lipinski definition) is 1. The van der Waals surface area contributed by atoms with Gasteiger partial charge >= 0.3 is 0 Å². The number of nitrogens with one attached hydrogen (secondary N) is 1. The molecule has 1 saturated heterocycles. The number of carbonyl (C=O) groups is 3. The second-order valence-corrected chi connectivity index (χ2v) is 8.86. The van der Waals surface area contributed by atoms with Gasteiger partial charge < -0.3 is 14.8 Å². The summed E-state index contributed by atoms with van der Waals surface area (Å²) in [6, 6.07) is 13.2. The number of benzene rings is 2. The number of thioether (sulfide) groups is 2. The summed E-state index contributed by atoms with van der Waals surface area (Å²) in [6.45, 7) is 2.51. The van der Waals surface area contributed by atoms with Gasteiger partial charge in [-0.3, -0.25) is 19.3 Å². The van der Waals surface area contributed by atoms with Crippen molar-refractivity contribution in [3.63, 3.8) is 0 Å². The van der Waals surface area contributed by atoms with Crippen LogP contribution in [0.15, 0.2) is 52.3 Å². The Bertz CT molecular complexity index is 1070. The highest BCUT2D eigenvalue weighted by Crippen LogP contribution is 2.36. The summed E-state index contributed by atoms with van der Waals surface area (Å²) in [5, 5.41) is 2.42. The molecular formula is C22H20N2O5S2. The summed E-state index contributed by atoms with van der Waals surface area (Å²) in [7, 11) is 0. The van der Waals surface area contributed by atoms with E-state index < -0.39 is 0 Å². The average Bonchev–Trinajstić information content (AvgIpc) is 3.32.